The van der Waals surface area contributed by atoms with Crippen LogP contribution in [0.1, 0.15) is 0 Å². The Morgan fingerprint density at radius 3 is 2.46 bits per heavy atom. The van der Waals surface area contributed by atoms with Gasteiger partial charge in [0.15, 0.2) is 11.6 Å². The van der Waals surface area contributed by atoms with Crippen molar-refractivity contribution in [1.82, 2.24) is 0 Å². The highest BCUT2D eigenvalue weighted by molar-refractivity contribution is 9.10. The fourth-order valence-electron chi connectivity index (χ4n) is 0.711. The third kappa shape index (κ3) is 2.12. The Morgan fingerprint density at radius 1 is 1.46 bits per heavy atom. The van der Waals surface area contributed by atoms with Crippen LogP contribution in [0.25, 0.3) is 0 Å². The van der Waals surface area contributed by atoms with Gasteiger partial charge in [0.25, 0.3) is 9.05 Å². The van der Waals surface area contributed by atoms with Crippen LogP contribution < -0.4 is 0 Å². The zero-order valence-electron chi connectivity index (χ0n) is 5.96. The summed E-state index contributed by atoms with van der Waals surface area (Å²) in [6.07, 6.45) is 0. The van der Waals surface area contributed by atoms with E-state index in [1.54, 1.807) is 0 Å². The van der Waals surface area contributed by atoms with Crippen molar-refractivity contribution in [3.63, 3.8) is 0 Å². The molecule has 1 aromatic rings. The molecule has 0 saturated carbocycles. The Morgan fingerprint density at radius 2 is 2.00 bits per heavy atom. The van der Waals surface area contributed by atoms with Crippen molar-refractivity contribution >= 4 is 35.7 Å². The first-order valence-electron chi connectivity index (χ1n) is 2.95. The Balaban J connectivity index is 3.53. The van der Waals surface area contributed by atoms with Crippen LogP contribution in [0.15, 0.2) is 21.5 Å². The van der Waals surface area contributed by atoms with Crippen molar-refractivity contribution < 1.29 is 17.9 Å². The van der Waals surface area contributed by atoms with E-state index in [2.05, 4.69) is 15.9 Å². The molecule has 0 fully saturated rings. The molecule has 1 aromatic carbocycles. The topological polar surface area (TPSA) is 54.4 Å². The Hall–Kier alpha value is -0.330. The van der Waals surface area contributed by atoms with Gasteiger partial charge in [0, 0.05) is 10.7 Å². The van der Waals surface area contributed by atoms with E-state index >= 15 is 0 Å². The lowest BCUT2D eigenvalue weighted by molar-refractivity contribution is 0.426. The first kappa shape index (κ1) is 10.7. The molecular formula is C6H3BrClFO3S. The maximum absolute atomic E-state index is 12.6. The first-order chi connectivity index (χ1) is 5.84. The molecule has 0 saturated heterocycles. The van der Waals surface area contributed by atoms with Crippen LogP contribution in [-0.2, 0) is 9.05 Å². The van der Waals surface area contributed by atoms with Crippen LogP contribution in [0, 0.1) is 5.82 Å². The summed E-state index contributed by atoms with van der Waals surface area (Å²) in [5.41, 5.74) is 0. The van der Waals surface area contributed by atoms with E-state index < -0.39 is 20.6 Å². The minimum Gasteiger partial charge on any atom is -0.504 e. The highest BCUT2D eigenvalue weighted by atomic mass is 79.9. The van der Waals surface area contributed by atoms with Gasteiger partial charge in [-0.3, -0.25) is 0 Å². The second kappa shape index (κ2) is 3.43. The van der Waals surface area contributed by atoms with Crippen molar-refractivity contribution in [2.45, 2.75) is 4.90 Å². The predicted molar refractivity (Wildman–Crippen MR) is 48.8 cm³/mol. The molecule has 0 radical (unpaired) electrons. The summed E-state index contributed by atoms with van der Waals surface area (Å²) in [6.45, 7) is 0. The van der Waals surface area contributed by atoms with Crippen LogP contribution in [0.4, 0.5) is 4.39 Å². The molecule has 0 heterocycles. The van der Waals surface area contributed by atoms with Crippen LogP contribution in [-0.4, -0.2) is 13.5 Å². The maximum Gasteiger partial charge on any atom is 0.262 e. The van der Waals surface area contributed by atoms with Gasteiger partial charge < -0.3 is 5.11 Å². The summed E-state index contributed by atoms with van der Waals surface area (Å²) < 4.78 is 34.0. The molecule has 0 aliphatic rings. The fraction of sp³-hybridized carbons (Fsp3) is 0. The van der Waals surface area contributed by atoms with Crippen molar-refractivity contribution in [2.24, 2.45) is 0 Å². The first-order valence-corrected chi connectivity index (χ1v) is 6.06. The number of hydrogen-bond acceptors (Lipinski definition) is 3. The molecule has 0 amide bonds. The smallest absolute Gasteiger partial charge is 0.262 e. The fourth-order valence-corrected chi connectivity index (χ4v) is 2.88. The Kier molecular flexibility index (Phi) is 2.84. The van der Waals surface area contributed by atoms with Gasteiger partial charge in [0.1, 0.15) is 4.90 Å². The zero-order valence-corrected chi connectivity index (χ0v) is 9.12. The number of aromatic hydroxyl groups is 1. The summed E-state index contributed by atoms with van der Waals surface area (Å²) in [5, 5.41) is 9.01. The molecule has 13 heavy (non-hydrogen) atoms. The number of hydrogen-bond donors (Lipinski definition) is 1. The van der Waals surface area contributed by atoms with Crippen LogP contribution in [0.2, 0.25) is 0 Å². The molecule has 0 unspecified atom stereocenters. The van der Waals surface area contributed by atoms with Gasteiger partial charge >= 0.3 is 0 Å². The minimum absolute atomic E-state index is 0.275. The molecule has 1 rings (SSSR count). The Bertz CT molecular complexity index is 445. The quantitative estimate of drug-likeness (QED) is 0.807. The van der Waals surface area contributed by atoms with E-state index in [0.717, 1.165) is 12.1 Å². The average molecular weight is 290 g/mol. The van der Waals surface area contributed by atoms with Crippen molar-refractivity contribution in [3.8, 4) is 5.75 Å². The van der Waals surface area contributed by atoms with Crippen molar-refractivity contribution in [1.29, 1.82) is 0 Å². The van der Waals surface area contributed by atoms with Gasteiger partial charge in [0.2, 0.25) is 0 Å². The SMILES string of the molecule is O=S(=O)(Cl)c1ccc(F)c(O)c1Br. The van der Waals surface area contributed by atoms with E-state index in [1.807, 2.05) is 0 Å². The molecule has 0 aliphatic carbocycles. The molecule has 0 aliphatic heterocycles. The summed E-state index contributed by atoms with van der Waals surface area (Å²) in [5.74, 6) is -1.70. The van der Waals surface area contributed by atoms with Gasteiger partial charge in [-0.05, 0) is 28.1 Å². The van der Waals surface area contributed by atoms with E-state index in [1.165, 1.54) is 0 Å². The minimum atomic E-state index is -3.97. The summed E-state index contributed by atoms with van der Waals surface area (Å²) >= 11 is 2.71. The third-order valence-corrected chi connectivity index (χ3v) is 3.72. The van der Waals surface area contributed by atoms with E-state index in [-0.39, 0.29) is 9.37 Å². The summed E-state index contributed by atoms with van der Waals surface area (Å²) in [4.78, 5) is -0.368. The van der Waals surface area contributed by atoms with Crippen LogP contribution in [0.3, 0.4) is 0 Å². The highest BCUT2D eigenvalue weighted by Crippen LogP contribution is 2.34. The van der Waals surface area contributed by atoms with Gasteiger partial charge in [0.05, 0.1) is 4.47 Å². The molecule has 0 atom stereocenters. The number of phenols is 1. The molecular weight excluding hydrogens is 286 g/mol. The Labute approximate surface area is 86.7 Å². The van der Waals surface area contributed by atoms with Crippen LogP contribution in [0.5, 0.6) is 5.75 Å². The van der Waals surface area contributed by atoms with Crippen molar-refractivity contribution in [2.75, 3.05) is 0 Å². The third-order valence-electron chi connectivity index (χ3n) is 1.29. The molecule has 0 spiro atoms. The molecule has 0 aromatic heterocycles. The lowest BCUT2D eigenvalue weighted by Crippen LogP contribution is -1.93. The van der Waals surface area contributed by atoms with Gasteiger partial charge in [-0.2, -0.15) is 0 Å². The van der Waals surface area contributed by atoms with Gasteiger partial charge in [-0.1, -0.05) is 0 Å². The normalized spacial score (nSPS) is 11.6. The number of halogens is 3. The zero-order chi connectivity index (χ0) is 10.2. The number of phenolic OH excluding ortho intramolecular Hbond substituents is 1. The summed E-state index contributed by atoms with van der Waals surface area (Å²) in [7, 11) is 1.02. The molecule has 7 heteroatoms. The van der Waals surface area contributed by atoms with E-state index in [4.69, 9.17) is 15.8 Å². The molecule has 3 nitrogen and oxygen atoms in total. The largest absolute Gasteiger partial charge is 0.504 e. The number of benzene rings is 1. The standard InChI is InChI=1S/C6H3BrClFO3S/c7-5-4(13(8,11)12)2-1-3(9)6(5)10/h1-2,10H. The maximum atomic E-state index is 12.6. The predicted octanol–water partition coefficient (Wildman–Crippen LogP) is 2.22. The van der Waals surface area contributed by atoms with Crippen LogP contribution >= 0.6 is 26.6 Å². The lowest BCUT2D eigenvalue weighted by Gasteiger charge is -2.02. The number of rotatable bonds is 1. The van der Waals surface area contributed by atoms with Gasteiger partial charge in [-0.15, -0.1) is 0 Å². The summed E-state index contributed by atoms with van der Waals surface area (Å²) in [6, 6.07) is 1.77. The monoisotopic (exact) mass is 288 g/mol. The van der Waals surface area contributed by atoms with E-state index in [9.17, 15) is 12.8 Å². The average Bonchev–Trinajstić information content (AvgIpc) is 1.98. The molecule has 0 bridgehead atoms. The lowest BCUT2D eigenvalue weighted by atomic mass is 10.3. The second-order valence-electron chi connectivity index (χ2n) is 2.15. The highest BCUT2D eigenvalue weighted by Gasteiger charge is 2.19. The molecule has 72 valence electrons. The second-order valence-corrected chi connectivity index (χ2v) is 5.47. The van der Waals surface area contributed by atoms with E-state index in [0.29, 0.717) is 0 Å². The molecule has 1 N–H and O–H groups in total. The van der Waals surface area contributed by atoms with Gasteiger partial charge in [-0.25, -0.2) is 12.8 Å². The van der Waals surface area contributed by atoms with Crippen molar-refractivity contribution in [3.05, 3.63) is 22.4 Å².